The minimum atomic E-state index is 0.552. The van der Waals surface area contributed by atoms with E-state index in [0.29, 0.717) is 5.92 Å². The van der Waals surface area contributed by atoms with Gasteiger partial charge in [-0.25, -0.2) is 0 Å². The monoisotopic (exact) mass is 109 g/mol. The zero-order chi connectivity index (χ0) is 5.82. The minimum absolute atomic E-state index is 0.552. The number of piperidine rings is 1. The van der Waals surface area contributed by atoms with Crippen molar-refractivity contribution in [1.82, 2.24) is 5.32 Å². The molecule has 0 aromatic rings. The zero-order valence-electron chi connectivity index (χ0n) is 4.98. The first-order valence-electron chi connectivity index (χ1n) is 3.10. The van der Waals surface area contributed by atoms with Crippen molar-refractivity contribution in [3.05, 3.63) is 0 Å². The van der Waals surface area contributed by atoms with E-state index in [1.165, 1.54) is 0 Å². The maximum absolute atomic E-state index is 5.23. The van der Waals surface area contributed by atoms with Crippen molar-refractivity contribution in [2.24, 2.45) is 5.92 Å². The molecule has 1 heteroatoms. The summed E-state index contributed by atoms with van der Waals surface area (Å²) in [7, 11) is 0. The maximum Gasteiger partial charge on any atom is 0.0224 e. The van der Waals surface area contributed by atoms with Gasteiger partial charge in [-0.1, -0.05) is 0 Å². The third-order valence-electron chi connectivity index (χ3n) is 1.57. The molecule has 1 rings (SSSR count). The molecule has 0 atom stereocenters. The van der Waals surface area contributed by atoms with E-state index in [0.717, 1.165) is 25.9 Å². The van der Waals surface area contributed by atoms with Crippen LogP contribution in [0, 0.1) is 18.3 Å². The molecule has 1 N–H and O–H groups in total. The van der Waals surface area contributed by atoms with E-state index in [2.05, 4.69) is 11.2 Å². The predicted molar refractivity (Wildman–Crippen MR) is 34.4 cm³/mol. The molecule has 1 aliphatic rings. The van der Waals surface area contributed by atoms with E-state index in [1.54, 1.807) is 0 Å². The summed E-state index contributed by atoms with van der Waals surface area (Å²) in [6, 6.07) is 0. The second kappa shape index (κ2) is 2.74. The Balaban J connectivity index is 2.25. The lowest BCUT2D eigenvalue weighted by atomic mass is 10.00. The van der Waals surface area contributed by atoms with Crippen LogP contribution in [0.4, 0.5) is 0 Å². The lowest BCUT2D eigenvalue weighted by Gasteiger charge is -2.16. The Morgan fingerprint density at radius 1 is 1.38 bits per heavy atom. The highest BCUT2D eigenvalue weighted by atomic mass is 14.9. The molecular formula is C7H11N. The van der Waals surface area contributed by atoms with Crippen LogP contribution in [0.3, 0.4) is 0 Å². The number of terminal acetylenes is 1. The molecule has 0 unspecified atom stereocenters. The molecule has 0 spiro atoms. The van der Waals surface area contributed by atoms with Gasteiger partial charge in [-0.3, -0.25) is 0 Å². The topological polar surface area (TPSA) is 12.0 Å². The van der Waals surface area contributed by atoms with Crippen LogP contribution in [0.1, 0.15) is 12.8 Å². The van der Waals surface area contributed by atoms with Gasteiger partial charge in [0.15, 0.2) is 0 Å². The third-order valence-corrected chi connectivity index (χ3v) is 1.57. The van der Waals surface area contributed by atoms with Crippen LogP contribution in [0.15, 0.2) is 0 Å². The molecule has 0 radical (unpaired) electrons. The van der Waals surface area contributed by atoms with Gasteiger partial charge in [-0.2, -0.15) is 0 Å². The SMILES string of the molecule is C#CC1CCNCC1. The Kier molecular flexibility index (Phi) is 1.93. The Labute approximate surface area is 50.5 Å². The lowest BCUT2D eigenvalue weighted by molar-refractivity contribution is 0.448. The summed E-state index contributed by atoms with van der Waals surface area (Å²) in [6.45, 7) is 2.21. The average Bonchev–Trinajstić information content (AvgIpc) is 1.90. The van der Waals surface area contributed by atoms with Gasteiger partial charge in [0.2, 0.25) is 0 Å². The number of hydrogen-bond acceptors (Lipinski definition) is 1. The molecule has 0 amide bonds. The van der Waals surface area contributed by atoms with E-state index in [4.69, 9.17) is 6.42 Å². The van der Waals surface area contributed by atoms with Gasteiger partial charge in [0, 0.05) is 5.92 Å². The van der Waals surface area contributed by atoms with Gasteiger partial charge in [0.1, 0.15) is 0 Å². The molecule has 1 saturated heterocycles. The summed E-state index contributed by atoms with van der Waals surface area (Å²) < 4.78 is 0. The minimum Gasteiger partial charge on any atom is -0.317 e. The summed E-state index contributed by atoms with van der Waals surface area (Å²) >= 11 is 0. The Morgan fingerprint density at radius 3 is 2.38 bits per heavy atom. The van der Waals surface area contributed by atoms with Crippen molar-refractivity contribution in [3.8, 4) is 12.3 Å². The summed E-state index contributed by atoms with van der Waals surface area (Å²) in [6.07, 6.45) is 7.55. The van der Waals surface area contributed by atoms with Gasteiger partial charge in [0.05, 0.1) is 0 Å². The number of rotatable bonds is 0. The van der Waals surface area contributed by atoms with Crippen LogP contribution in [-0.2, 0) is 0 Å². The Bertz CT molecular complexity index is 95.4. The standard InChI is InChI=1S/C7H11N/c1-2-7-3-5-8-6-4-7/h1,7-8H,3-6H2. The maximum atomic E-state index is 5.23. The molecule has 44 valence electrons. The van der Waals surface area contributed by atoms with Gasteiger partial charge < -0.3 is 5.32 Å². The normalized spacial score (nSPS) is 22.4. The van der Waals surface area contributed by atoms with Crippen LogP contribution < -0.4 is 5.32 Å². The number of nitrogens with one attached hydrogen (secondary N) is 1. The largest absolute Gasteiger partial charge is 0.317 e. The van der Waals surface area contributed by atoms with E-state index in [-0.39, 0.29) is 0 Å². The fourth-order valence-corrected chi connectivity index (χ4v) is 0.989. The fourth-order valence-electron chi connectivity index (χ4n) is 0.989. The Morgan fingerprint density at radius 2 is 2.00 bits per heavy atom. The fraction of sp³-hybridized carbons (Fsp3) is 0.714. The second-order valence-electron chi connectivity index (χ2n) is 2.19. The van der Waals surface area contributed by atoms with Crippen LogP contribution >= 0.6 is 0 Å². The molecule has 0 aromatic carbocycles. The van der Waals surface area contributed by atoms with Gasteiger partial charge in [0.25, 0.3) is 0 Å². The number of hydrogen-bond donors (Lipinski definition) is 1. The second-order valence-corrected chi connectivity index (χ2v) is 2.19. The van der Waals surface area contributed by atoms with Crippen LogP contribution in [-0.4, -0.2) is 13.1 Å². The molecule has 1 nitrogen and oxygen atoms in total. The summed E-state index contributed by atoms with van der Waals surface area (Å²) in [4.78, 5) is 0. The van der Waals surface area contributed by atoms with Crippen molar-refractivity contribution < 1.29 is 0 Å². The highest BCUT2D eigenvalue weighted by molar-refractivity contribution is 4.94. The zero-order valence-corrected chi connectivity index (χ0v) is 4.98. The van der Waals surface area contributed by atoms with Gasteiger partial charge in [-0.15, -0.1) is 12.3 Å². The first kappa shape index (κ1) is 5.65. The summed E-state index contributed by atoms with van der Waals surface area (Å²) in [5, 5.41) is 3.25. The molecule has 0 aromatic heterocycles. The Hall–Kier alpha value is -0.480. The molecule has 0 saturated carbocycles. The van der Waals surface area contributed by atoms with Crippen LogP contribution in [0.25, 0.3) is 0 Å². The molecular weight excluding hydrogens is 98.1 g/mol. The summed E-state index contributed by atoms with van der Waals surface area (Å²) in [5.74, 6) is 3.32. The third kappa shape index (κ3) is 1.24. The molecule has 0 aliphatic carbocycles. The van der Waals surface area contributed by atoms with Crippen LogP contribution in [0.2, 0.25) is 0 Å². The van der Waals surface area contributed by atoms with Gasteiger partial charge >= 0.3 is 0 Å². The van der Waals surface area contributed by atoms with Crippen LogP contribution in [0.5, 0.6) is 0 Å². The van der Waals surface area contributed by atoms with Crippen molar-refractivity contribution in [3.63, 3.8) is 0 Å². The van der Waals surface area contributed by atoms with Crippen molar-refractivity contribution >= 4 is 0 Å². The molecule has 1 heterocycles. The highest BCUT2D eigenvalue weighted by Crippen LogP contribution is 2.08. The van der Waals surface area contributed by atoms with Crippen molar-refractivity contribution in [2.45, 2.75) is 12.8 Å². The summed E-state index contributed by atoms with van der Waals surface area (Å²) in [5.41, 5.74) is 0. The van der Waals surface area contributed by atoms with Crippen molar-refractivity contribution in [1.29, 1.82) is 0 Å². The predicted octanol–water partition coefficient (Wildman–Crippen LogP) is 0.619. The van der Waals surface area contributed by atoms with E-state index >= 15 is 0 Å². The quantitative estimate of drug-likeness (QED) is 0.450. The van der Waals surface area contributed by atoms with E-state index < -0.39 is 0 Å². The molecule has 1 aliphatic heterocycles. The lowest BCUT2D eigenvalue weighted by Crippen LogP contribution is -2.26. The first-order valence-corrected chi connectivity index (χ1v) is 3.10. The van der Waals surface area contributed by atoms with Gasteiger partial charge in [-0.05, 0) is 25.9 Å². The highest BCUT2D eigenvalue weighted by Gasteiger charge is 2.07. The molecule has 0 bridgehead atoms. The molecule has 8 heavy (non-hydrogen) atoms. The van der Waals surface area contributed by atoms with E-state index in [9.17, 15) is 0 Å². The smallest absolute Gasteiger partial charge is 0.0224 e. The van der Waals surface area contributed by atoms with Crippen molar-refractivity contribution in [2.75, 3.05) is 13.1 Å². The van der Waals surface area contributed by atoms with E-state index in [1.807, 2.05) is 0 Å². The average molecular weight is 109 g/mol. The molecule has 1 fully saturated rings. The first-order chi connectivity index (χ1) is 3.93.